The van der Waals surface area contributed by atoms with Crippen molar-refractivity contribution in [3.8, 4) is 0 Å². The maximum absolute atomic E-state index is 13.2. The van der Waals surface area contributed by atoms with Gasteiger partial charge in [0, 0.05) is 18.1 Å². The maximum Gasteiger partial charge on any atom is 0.475 e. The van der Waals surface area contributed by atoms with E-state index in [2.05, 4.69) is 10.6 Å². The lowest BCUT2D eigenvalue weighted by atomic mass is 9.76. The summed E-state index contributed by atoms with van der Waals surface area (Å²) in [5.41, 5.74) is 1.13. The van der Waals surface area contributed by atoms with Crippen molar-refractivity contribution in [2.24, 2.45) is 0 Å². The quantitative estimate of drug-likeness (QED) is 0.317. The lowest BCUT2D eigenvalue weighted by Crippen LogP contribution is -2.55. The summed E-state index contributed by atoms with van der Waals surface area (Å²) in [7, 11) is -1.83. The number of carbonyl (C=O) groups is 3. The minimum atomic E-state index is -1.83. The highest BCUT2D eigenvalue weighted by Gasteiger charge is 2.32. The number of amides is 3. The Morgan fingerprint density at radius 2 is 1.73 bits per heavy atom. The van der Waals surface area contributed by atoms with Crippen LogP contribution in [-0.2, 0) is 20.7 Å². The fraction of sp³-hybridized carbons (Fsp3) is 0.400. The van der Waals surface area contributed by atoms with Crippen LogP contribution < -0.4 is 10.6 Å². The Morgan fingerprint density at radius 3 is 2.41 bits per heavy atom. The standard InChI is InChI=1S/C25H30BCl2N3O6/c27-18-9-10-20(28)19(15-18)24(33)29-21(16-23(32)31-11-13-37-14-12-31)25(34)30-22(26(35)36)8-4-7-17-5-2-1-3-6-17/h1-3,5-6,9-10,15,21-22,35-36H,4,7-8,11-14,16H2,(H,29,33)(H,30,34)/t21-,22+/m1/s1. The molecule has 1 aliphatic heterocycles. The van der Waals surface area contributed by atoms with Crippen LogP contribution in [0.1, 0.15) is 35.2 Å². The first-order chi connectivity index (χ1) is 17.7. The zero-order valence-electron chi connectivity index (χ0n) is 20.2. The van der Waals surface area contributed by atoms with Crippen molar-refractivity contribution >= 4 is 48.0 Å². The summed E-state index contributed by atoms with van der Waals surface area (Å²) >= 11 is 12.1. The van der Waals surface area contributed by atoms with Gasteiger partial charge < -0.3 is 30.3 Å². The summed E-state index contributed by atoms with van der Waals surface area (Å²) < 4.78 is 5.27. The van der Waals surface area contributed by atoms with E-state index in [1.165, 1.54) is 18.2 Å². The first-order valence-corrected chi connectivity index (χ1v) is 12.8. The fourth-order valence-electron chi connectivity index (χ4n) is 3.98. The summed E-state index contributed by atoms with van der Waals surface area (Å²) in [5.74, 6) is -2.74. The predicted molar refractivity (Wildman–Crippen MR) is 141 cm³/mol. The predicted octanol–water partition coefficient (Wildman–Crippen LogP) is 1.86. The van der Waals surface area contributed by atoms with Gasteiger partial charge in [0.05, 0.1) is 36.2 Å². The van der Waals surface area contributed by atoms with E-state index >= 15 is 0 Å². The van der Waals surface area contributed by atoms with Gasteiger partial charge in [-0.3, -0.25) is 14.4 Å². The molecule has 0 bridgehead atoms. The average molecular weight is 550 g/mol. The number of hydrogen-bond donors (Lipinski definition) is 4. The average Bonchev–Trinajstić information content (AvgIpc) is 2.89. The number of hydrogen-bond acceptors (Lipinski definition) is 6. The Kier molecular flexibility index (Phi) is 11.2. The van der Waals surface area contributed by atoms with Gasteiger partial charge in [-0.25, -0.2) is 0 Å². The third-order valence-electron chi connectivity index (χ3n) is 6.05. The molecule has 1 aliphatic rings. The molecule has 2 atom stereocenters. The summed E-state index contributed by atoms with van der Waals surface area (Å²) in [5, 5.41) is 25.3. The van der Waals surface area contributed by atoms with Crippen LogP contribution in [-0.4, -0.2) is 78.1 Å². The lowest BCUT2D eigenvalue weighted by molar-refractivity contribution is -0.138. The number of carbonyl (C=O) groups excluding carboxylic acids is 3. The Balaban J connectivity index is 1.70. The van der Waals surface area contributed by atoms with Crippen molar-refractivity contribution in [2.45, 2.75) is 37.7 Å². The van der Waals surface area contributed by atoms with Gasteiger partial charge in [0.2, 0.25) is 11.8 Å². The lowest BCUT2D eigenvalue weighted by Gasteiger charge is -2.29. The molecule has 2 aromatic carbocycles. The first kappa shape index (κ1) is 28.9. The number of halogens is 2. The highest BCUT2D eigenvalue weighted by molar-refractivity contribution is 6.43. The molecule has 1 fully saturated rings. The molecule has 4 N–H and O–H groups in total. The Hall–Kier alpha value is -2.63. The number of rotatable bonds is 11. The monoisotopic (exact) mass is 549 g/mol. The molecule has 0 unspecified atom stereocenters. The fourth-order valence-corrected chi connectivity index (χ4v) is 4.36. The van der Waals surface area contributed by atoms with E-state index < -0.39 is 30.9 Å². The molecular weight excluding hydrogens is 520 g/mol. The Labute approximate surface area is 226 Å². The van der Waals surface area contributed by atoms with Gasteiger partial charge in [-0.1, -0.05) is 53.5 Å². The van der Waals surface area contributed by atoms with Crippen LogP contribution in [0.3, 0.4) is 0 Å². The van der Waals surface area contributed by atoms with E-state index in [0.717, 1.165) is 5.56 Å². The molecule has 0 saturated carbocycles. The normalized spacial score (nSPS) is 15.0. The smallest absolute Gasteiger partial charge is 0.426 e. The number of morpholine rings is 1. The minimum Gasteiger partial charge on any atom is -0.426 e. The third kappa shape index (κ3) is 9.01. The highest BCUT2D eigenvalue weighted by Crippen LogP contribution is 2.21. The maximum atomic E-state index is 13.2. The molecule has 0 spiro atoms. The van der Waals surface area contributed by atoms with Crippen LogP contribution in [0, 0.1) is 0 Å². The van der Waals surface area contributed by atoms with E-state index in [4.69, 9.17) is 27.9 Å². The Bertz CT molecular complexity index is 1070. The van der Waals surface area contributed by atoms with E-state index in [9.17, 15) is 24.4 Å². The SMILES string of the molecule is O=C(N[C@H](CC(=O)N1CCOCC1)C(=O)N[C@@H](CCCc1ccccc1)B(O)O)c1cc(Cl)ccc1Cl. The van der Waals surface area contributed by atoms with Crippen molar-refractivity contribution < 1.29 is 29.2 Å². The van der Waals surface area contributed by atoms with Crippen LogP contribution >= 0.6 is 23.2 Å². The molecule has 3 amide bonds. The van der Waals surface area contributed by atoms with E-state index in [-0.39, 0.29) is 34.4 Å². The molecule has 2 aromatic rings. The molecule has 0 aliphatic carbocycles. The zero-order chi connectivity index (χ0) is 26.8. The second-order valence-corrected chi connectivity index (χ2v) is 9.60. The van der Waals surface area contributed by atoms with E-state index in [1.54, 1.807) is 4.90 Å². The second kappa shape index (κ2) is 14.3. The van der Waals surface area contributed by atoms with Gasteiger partial charge in [-0.15, -0.1) is 0 Å². The van der Waals surface area contributed by atoms with E-state index in [0.29, 0.717) is 39.1 Å². The second-order valence-electron chi connectivity index (χ2n) is 8.75. The van der Waals surface area contributed by atoms with Gasteiger partial charge in [0.15, 0.2) is 0 Å². The highest BCUT2D eigenvalue weighted by atomic mass is 35.5. The van der Waals surface area contributed by atoms with Gasteiger partial charge in [-0.05, 0) is 43.0 Å². The van der Waals surface area contributed by atoms with Crippen molar-refractivity contribution in [1.82, 2.24) is 15.5 Å². The molecule has 0 radical (unpaired) electrons. The van der Waals surface area contributed by atoms with Gasteiger partial charge in [0.25, 0.3) is 5.91 Å². The molecule has 37 heavy (non-hydrogen) atoms. The third-order valence-corrected chi connectivity index (χ3v) is 6.61. The Morgan fingerprint density at radius 1 is 1.03 bits per heavy atom. The van der Waals surface area contributed by atoms with Crippen molar-refractivity contribution in [1.29, 1.82) is 0 Å². The number of nitrogens with one attached hydrogen (secondary N) is 2. The summed E-state index contributed by atoms with van der Waals surface area (Å²) in [6, 6.07) is 12.7. The largest absolute Gasteiger partial charge is 0.475 e. The molecule has 3 rings (SSSR count). The van der Waals surface area contributed by atoms with Crippen molar-refractivity contribution in [3.05, 3.63) is 69.7 Å². The van der Waals surface area contributed by atoms with Gasteiger partial charge in [0.1, 0.15) is 6.04 Å². The molecular formula is C25H30BCl2N3O6. The van der Waals surface area contributed by atoms with Crippen LogP contribution in [0.25, 0.3) is 0 Å². The van der Waals surface area contributed by atoms with Crippen LogP contribution in [0.5, 0.6) is 0 Å². The number of benzene rings is 2. The molecule has 1 saturated heterocycles. The van der Waals surface area contributed by atoms with Gasteiger partial charge >= 0.3 is 7.12 Å². The summed E-state index contributed by atoms with van der Waals surface area (Å²) in [6.07, 6.45) is 1.21. The van der Waals surface area contributed by atoms with Crippen LogP contribution in [0.2, 0.25) is 10.0 Å². The molecule has 0 aromatic heterocycles. The van der Waals surface area contributed by atoms with Gasteiger partial charge in [-0.2, -0.15) is 0 Å². The number of aryl methyl sites for hydroxylation is 1. The zero-order valence-corrected chi connectivity index (χ0v) is 21.8. The number of ether oxygens (including phenoxy) is 1. The first-order valence-electron chi connectivity index (χ1n) is 12.1. The molecule has 1 heterocycles. The molecule has 12 heteroatoms. The van der Waals surface area contributed by atoms with E-state index in [1.807, 2.05) is 30.3 Å². The summed E-state index contributed by atoms with van der Waals surface area (Å²) in [4.78, 5) is 40.6. The van der Waals surface area contributed by atoms with Crippen LogP contribution in [0.15, 0.2) is 48.5 Å². The van der Waals surface area contributed by atoms with Crippen LogP contribution in [0.4, 0.5) is 0 Å². The molecule has 198 valence electrons. The van der Waals surface area contributed by atoms with Crippen molar-refractivity contribution in [2.75, 3.05) is 26.3 Å². The minimum absolute atomic E-state index is 0.0485. The number of nitrogens with zero attached hydrogens (tertiary/aromatic N) is 1. The molecule has 9 nitrogen and oxygen atoms in total. The topological polar surface area (TPSA) is 128 Å². The summed E-state index contributed by atoms with van der Waals surface area (Å²) in [6.45, 7) is 1.51. The van der Waals surface area contributed by atoms with Crippen molar-refractivity contribution in [3.63, 3.8) is 0 Å².